The molecule has 2 N–H and O–H groups in total. The third kappa shape index (κ3) is 5.80. The maximum absolute atomic E-state index is 11.4. The summed E-state index contributed by atoms with van der Waals surface area (Å²) in [6.07, 6.45) is 0.762. The van der Waals surface area contributed by atoms with Crippen LogP contribution in [0.25, 0.3) is 22.3 Å². The minimum atomic E-state index is -0.175. The number of hydrogen-bond acceptors (Lipinski definition) is 2. The molecule has 0 aliphatic carbocycles. The van der Waals surface area contributed by atoms with E-state index in [0.717, 1.165) is 45.4 Å². The summed E-state index contributed by atoms with van der Waals surface area (Å²) >= 11 is 2.12. The number of phenols is 2. The molecule has 0 radical (unpaired) electrons. The molecule has 0 fully saturated rings. The number of benzene rings is 3. The van der Waals surface area contributed by atoms with Crippen molar-refractivity contribution in [3.8, 4) is 33.8 Å². The maximum atomic E-state index is 11.4. The molecule has 3 heteroatoms. The van der Waals surface area contributed by atoms with Crippen LogP contribution in [0.1, 0.15) is 79.0 Å². The molecule has 0 spiro atoms. The van der Waals surface area contributed by atoms with Crippen molar-refractivity contribution in [1.82, 2.24) is 0 Å². The first-order valence-corrected chi connectivity index (χ1v) is 13.3. The summed E-state index contributed by atoms with van der Waals surface area (Å²) in [7, 11) is 0. The summed E-state index contributed by atoms with van der Waals surface area (Å²) < 4.78 is 1.36. The fourth-order valence-corrected chi connectivity index (χ4v) is 4.79. The van der Waals surface area contributed by atoms with E-state index >= 15 is 0 Å². The van der Waals surface area contributed by atoms with Crippen molar-refractivity contribution in [2.75, 3.05) is 0 Å². The Balaban J connectivity index is 2.36. The van der Waals surface area contributed by atoms with Gasteiger partial charge in [-0.25, -0.2) is 0 Å². The van der Waals surface area contributed by atoms with Gasteiger partial charge in [-0.3, -0.25) is 0 Å². The molecule has 0 bridgehead atoms. The Hall–Kier alpha value is -2.18. The van der Waals surface area contributed by atoms with Crippen molar-refractivity contribution in [2.45, 2.75) is 79.6 Å². The first-order chi connectivity index (χ1) is 16.0. The van der Waals surface area contributed by atoms with Crippen LogP contribution in [-0.4, -0.2) is 14.1 Å². The second-order valence-corrected chi connectivity index (χ2v) is 13.8. The molecular weight excluding hydrogens is 512 g/mol. The standard InChI is InChI=1S/C32H40O2.Mo/c1-30(2,3)20-19-23-21(24-15-11-17-26(28(24)33)31(4,5)6)13-10-14-22(23)25-16-12-18-27(29(25)34)32(7,8)9;/h10-18,33-34H,19H2,1-9H3;. The number of rotatable bonds is 4. The first-order valence-electron chi connectivity index (χ1n) is 12.3. The summed E-state index contributed by atoms with van der Waals surface area (Å²) in [6.45, 7) is 19.4. The average Bonchev–Trinajstić information content (AvgIpc) is 2.72. The Kier molecular flexibility index (Phi) is 7.60. The van der Waals surface area contributed by atoms with E-state index in [4.69, 9.17) is 0 Å². The van der Waals surface area contributed by atoms with Crippen molar-refractivity contribution < 1.29 is 29.6 Å². The van der Waals surface area contributed by atoms with Crippen LogP contribution in [0.3, 0.4) is 0 Å². The number of aromatic hydroxyl groups is 2. The van der Waals surface area contributed by atoms with Gasteiger partial charge < -0.3 is 0 Å². The van der Waals surface area contributed by atoms with Gasteiger partial charge in [0.15, 0.2) is 0 Å². The van der Waals surface area contributed by atoms with E-state index in [1.165, 1.54) is 3.90 Å². The predicted molar refractivity (Wildman–Crippen MR) is 146 cm³/mol. The Morgan fingerprint density at radius 3 is 1.29 bits per heavy atom. The van der Waals surface area contributed by atoms with E-state index in [1.807, 2.05) is 42.5 Å². The molecule has 2 nitrogen and oxygen atoms in total. The van der Waals surface area contributed by atoms with E-state index in [2.05, 4.69) is 93.8 Å². The molecule has 0 amide bonds. The van der Waals surface area contributed by atoms with Gasteiger partial charge in [-0.2, -0.15) is 0 Å². The minimum absolute atomic E-state index is 0.0411. The molecule has 3 aromatic carbocycles. The second kappa shape index (κ2) is 9.70. The average molecular weight is 553 g/mol. The summed E-state index contributed by atoms with van der Waals surface area (Å²) in [5, 5.41) is 22.8. The molecule has 0 aliphatic heterocycles. The van der Waals surface area contributed by atoms with Gasteiger partial charge >= 0.3 is 223 Å². The number of para-hydroxylation sites is 2. The van der Waals surface area contributed by atoms with Crippen LogP contribution < -0.4 is 0 Å². The molecule has 3 aromatic rings. The van der Waals surface area contributed by atoms with Gasteiger partial charge in [0.05, 0.1) is 0 Å². The quantitative estimate of drug-likeness (QED) is 0.320. The van der Waals surface area contributed by atoms with E-state index in [0.29, 0.717) is 11.5 Å². The zero-order valence-corrected chi connectivity index (χ0v) is 24.7. The number of phenolic OH excluding ortho intramolecular Hbond substituents is 2. The molecule has 0 unspecified atom stereocenters. The third-order valence-corrected chi connectivity index (χ3v) is 8.48. The summed E-state index contributed by atoms with van der Waals surface area (Å²) in [4.78, 5) is 0. The summed E-state index contributed by atoms with van der Waals surface area (Å²) in [5.74, 6) is 0.667. The van der Waals surface area contributed by atoms with Crippen LogP contribution in [0.15, 0.2) is 54.6 Å². The second-order valence-electron chi connectivity index (χ2n) is 12.6. The first kappa shape index (κ1) is 27.4. The van der Waals surface area contributed by atoms with E-state index in [9.17, 15) is 10.2 Å². The van der Waals surface area contributed by atoms with Gasteiger partial charge in [0.25, 0.3) is 0 Å². The Labute approximate surface area is 222 Å². The van der Waals surface area contributed by atoms with Crippen LogP contribution >= 0.6 is 0 Å². The molecule has 0 saturated carbocycles. The fourth-order valence-electron chi connectivity index (χ4n) is 4.44. The van der Waals surface area contributed by atoms with Gasteiger partial charge in [0.1, 0.15) is 0 Å². The van der Waals surface area contributed by atoms with Crippen LogP contribution in [-0.2, 0) is 36.6 Å². The Morgan fingerprint density at radius 2 is 0.943 bits per heavy atom. The van der Waals surface area contributed by atoms with Gasteiger partial charge in [-0.15, -0.1) is 0 Å². The molecule has 0 atom stereocenters. The zero-order chi connectivity index (χ0) is 26.3. The predicted octanol–water partition coefficient (Wildman–Crippen LogP) is 8.33. The molecule has 0 heterocycles. The normalized spacial score (nSPS) is 12.6. The van der Waals surface area contributed by atoms with E-state index in [1.54, 1.807) is 0 Å². The van der Waals surface area contributed by atoms with Crippen molar-refractivity contribution >= 4 is 3.90 Å². The van der Waals surface area contributed by atoms with Crippen LogP contribution in [0.2, 0.25) is 0 Å². The SMILES string of the molecule is CC(C)(C)[C](=[Mo])Cc1c(-c2cccc(C(C)(C)C)c2O)cccc1-c1cccc(C(C)(C)C)c1O. The van der Waals surface area contributed by atoms with E-state index in [-0.39, 0.29) is 16.2 Å². The van der Waals surface area contributed by atoms with E-state index < -0.39 is 0 Å². The van der Waals surface area contributed by atoms with Crippen LogP contribution in [0.5, 0.6) is 11.5 Å². The topological polar surface area (TPSA) is 40.5 Å². The van der Waals surface area contributed by atoms with Gasteiger partial charge in [0, 0.05) is 0 Å². The van der Waals surface area contributed by atoms with Gasteiger partial charge in [0.2, 0.25) is 0 Å². The molecule has 0 aromatic heterocycles. The summed E-state index contributed by atoms with van der Waals surface area (Å²) in [6, 6.07) is 18.3. The molecular formula is C32H40MoO2. The molecule has 35 heavy (non-hydrogen) atoms. The molecule has 3 rings (SSSR count). The Morgan fingerprint density at radius 1 is 0.600 bits per heavy atom. The van der Waals surface area contributed by atoms with Crippen LogP contribution in [0.4, 0.5) is 0 Å². The van der Waals surface area contributed by atoms with Gasteiger partial charge in [-0.05, 0) is 0 Å². The number of hydrogen-bond donors (Lipinski definition) is 2. The molecule has 0 aliphatic rings. The fraction of sp³-hybridized carbons (Fsp3) is 0.406. The molecule has 186 valence electrons. The monoisotopic (exact) mass is 554 g/mol. The Bertz CT molecular complexity index is 1170. The van der Waals surface area contributed by atoms with Crippen molar-refractivity contribution in [2.24, 2.45) is 5.41 Å². The van der Waals surface area contributed by atoms with Crippen molar-refractivity contribution in [1.29, 1.82) is 0 Å². The van der Waals surface area contributed by atoms with Crippen molar-refractivity contribution in [3.63, 3.8) is 0 Å². The molecule has 0 saturated heterocycles. The van der Waals surface area contributed by atoms with Crippen LogP contribution in [0, 0.1) is 5.41 Å². The van der Waals surface area contributed by atoms with Gasteiger partial charge in [-0.1, -0.05) is 0 Å². The zero-order valence-electron chi connectivity index (χ0n) is 22.7. The third-order valence-electron chi connectivity index (χ3n) is 6.62. The van der Waals surface area contributed by atoms with Crippen molar-refractivity contribution in [3.05, 3.63) is 71.3 Å². The summed E-state index contributed by atoms with van der Waals surface area (Å²) in [5.41, 5.74) is 6.38.